The zero-order valence-corrected chi connectivity index (χ0v) is 18.1. The lowest BCUT2D eigenvalue weighted by Crippen LogP contribution is -2.48. The second-order valence-electron chi connectivity index (χ2n) is 8.56. The summed E-state index contributed by atoms with van der Waals surface area (Å²) in [7, 11) is 0. The Kier molecular flexibility index (Phi) is 11.5. The average molecular weight is 403 g/mol. The zero-order chi connectivity index (χ0) is 21.8. The van der Waals surface area contributed by atoms with E-state index in [0.717, 1.165) is 0 Å². The van der Waals surface area contributed by atoms with Crippen molar-refractivity contribution in [3.05, 3.63) is 0 Å². The number of rotatable bonds is 10. The number of alkyl carbamates (subject to hydrolysis) is 2. The molecule has 0 radical (unpaired) electrons. The van der Waals surface area contributed by atoms with Crippen LogP contribution in [-0.2, 0) is 14.3 Å². The predicted molar refractivity (Wildman–Crippen MR) is 108 cm³/mol. The summed E-state index contributed by atoms with van der Waals surface area (Å²) in [4.78, 5) is 36.0. The summed E-state index contributed by atoms with van der Waals surface area (Å²) in [5.74, 6) is -0.278. The van der Waals surface area contributed by atoms with Gasteiger partial charge >= 0.3 is 12.2 Å². The summed E-state index contributed by atoms with van der Waals surface area (Å²) in [5.41, 5.74) is 4.23. The van der Waals surface area contributed by atoms with E-state index in [4.69, 9.17) is 15.2 Å². The van der Waals surface area contributed by atoms with Gasteiger partial charge in [0.2, 0.25) is 5.91 Å². The van der Waals surface area contributed by atoms with Gasteiger partial charge < -0.3 is 31.2 Å². The minimum atomic E-state index is -0.714. The van der Waals surface area contributed by atoms with E-state index in [1.165, 1.54) is 0 Å². The second kappa shape index (κ2) is 12.4. The van der Waals surface area contributed by atoms with Gasteiger partial charge in [-0.15, -0.1) is 0 Å². The molecule has 0 aliphatic rings. The molecule has 0 rings (SSSR count). The molecule has 9 heteroatoms. The number of nitrogens with two attached hydrogens (primary N) is 1. The molecule has 0 aromatic rings. The third kappa shape index (κ3) is 15.1. The summed E-state index contributed by atoms with van der Waals surface area (Å²) in [6.45, 7) is 12.0. The molecule has 0 saturated carbocycles. The fourth-order valence-electron chi connectivity index (χ4n) is 2.13. The van der Waals surface area contributed by atoms with Gasteiger partial charge in [-0.3, -0.25) is 4.79 Å². The van der Waals surface area contributed by atoms with Gasteiger partial charge in [-0.2, -0.15) is 0 Å². The Bertz CT molecular complexity index is 498. The van der Waals surface area contributed by atoms with Crippen molar-refractivity contribution in [2.75, 3.05) is 19.6 Å². The molecular weight excluding hydrogens is 364 g/mol. The SMILES string of the molecule is CC(C)(C)OC(=O)NCCCCC(NC(=O)OC(C)(C)C)C(=O)NCCCN. The van der Waals surface area contributed by atoms with E-state index in [9.17, 15) is 14.4 Å². The Morgan fingerprint density at radius 1 is 0.821 bits per heavy atom. The molecule has 5 N–H and O–H groups in total. The van der Waals surface area contributed by atoms with Crippen LogP contribution in [0.1, 0.15) is 67.2 Å². The monoisotopic (exact) mass is 402 g/mol. The standard InChI is InChI=1S/C19H38N4O5/c1-18(2,3)27-16(25)22-12-8-7-10-14(15(24)21-13-9-11-20)23-17(26)28-19(4,5)6/h14H,7-13,20H2,1-6H3,(H,21,24)(H,22,25)(H,23,26). The van der Waals surface area contributed by atoms with Crippen molar-refractivity contribution in [3.8, 4) is 0 Å². The Labute approximate surface area is 168 Å². The molecule has 28 heavy (non-hydrogen) atoms. The predicted octanol–water partition coefficient (Wildman–Crippen LogP) is 2.04. The number of nitrogens with one attached hydrogen (secondary N) is 3. The molecule has 9 nitrogen and oxygen atoms in total. The van der Waals surface area contributed by atoms with Crippen molar-refractivity contribution in [1.29, 1.82) is 0 Å². The van der Waals surface area contributed by atoms with Crippen LogP contribution in [0.15, 0.2) is 0 Å². The number of hydrogen-bond acceptors (Lipinski definition) is 6. The van der Waals surface area contributed by atoms with Gasteiger partial charge in [0.25, 0.3) is 0 Å². The first-order chi connectivity index (χ1) is 12.8. The third-order valence-corrected chi connectivity index (χ3v) is 3.28. The molecule has 0 aliphatic heterocycles. The number of ether oxygens (including phenoxy) is 2. The molecule has 0 saturated heterocycles. The first-order valence-electron chi connectivity index (χ1n) is 9.78. The molecule has 0 aliphatic carbocycles. The van der Waals surface area contributed by atoms with Crippen LogP contribution in [0.2, 0.25) is 0 Å². The molecule has 0 fully saturated rings. The minimum absolute atomic E-state index is 0.278. The van der Waals surface area contributed by atoms with Gasteiger partial charge in [0.15, 0.2) is 0 Å². The Balaban J connectivity index is 4.45. The van der Waals surface area contributed by atoms with E-state index in [2.05, 4.69) is 16.0 Å². The fraction of sp³-hybridized carbons (Fsp3) is 0.842. The number of amides is 3. The minimum Gasteiger partial charge on any atom is -0.444 e. The summed E-state index contributed by atoms with van der Waals surface area (Å²) in [6.07, 6.45) is 1.23. The second-order valence-corrected chi connectivity index (χ2v) is 8.56. The van der Waals surface area contributed by atoms with Gasteiger partial charge in [-0.1, -0.05) is 0 Å². The van der Waals surface area contributed by atoms with Crippen LogP contribution in [0.25, 0.3) is 0 Å². The smallest absolute Gasteiger partial charge is 0.408 e. The third-order valence-electron chi connectivity index (χ3n) is 3.28. The maximum Gasteiger partial charge on any atom is 0.408 e. The molecule has 3 amide bonds. The highest BCUT2D eigenvalue weighted by Crippen LogP contribution is 2.09. The van der Waals surface area contributed by atoms with Crippen molar-refractivity contribution in [1.82, 2.24) is 16.0 Å². The Morgan fingerprint density at radius 2 is 1.36 bits per heavy atom. The maximum absolute atomic E-state index is 12.3. The van der Waals surface area contributed by atoms with E-state index in [-0.39, 0.29) is 5.91 Å². The van der Waals surface area contributed by atoms with Crippen molar-refractivity contribution in [3.63, 3.8) is 0 Å². The van der Waals surface area contributed by atoms with E-state index in [1.54, 1.807) is 41.5 Å². The molecular formula is C19H38N4O5. The number of hydrogen-bond donors (Lipinski definition) is 4. The first kappa shape index (κ1) is 26.0. The Hall–Kier alpha value is -2.03. The maximum atomic E-state index is 12.3. The van der Waals surface area contributed by atoms with E-state index < -0.39 is 29.4 Å². The molecule has 1 unspecified atom stereocenters. The lowest BCUT2D eigenvalue weighted by Gasteiger charge is -2.23. The molecule has 0 spiro atoms. The van der Waals surface area contributed by atoms with Crippen molar-refractivity contribution in [2.45, 2.75) is 84.5 Å². The molecule has 164 valence electrons. The van der Waals surface area contributed by atoms with E-state index in [0.29, 0.717) is 45.3 Å². The quantitative estimate of drug-likeness (QED) is 0.414. The van der Waals surface area contributed by atoms with Gasteiger partial charge in [0.05, 0.1) is 0 Å². The number of carbonyl (C=O) groups is 3. The molecule has 0 bridgehead atoms. The van der Waals surface area contributed by atoms with Crippen molar-refractivity contribution >= 4 is 18.1 Å². The van der Waals surface area contributed by atoms with Crippen LogP contribution in [0.3, 0.4) is 0 Å². The summed E-state index contributed by atoms with van der Waals surface area (Å²) in [6, 6.07) is -0.714. The van der Waals surface area contributed by atoms with Crippen molar-refractivity contribution < 1.29 is 23.9 Å². The van der Waals surface area contributed by atoms with Crippen LogP contribution in [-0.4, -0.2) is 55.0 Å². The molecule has 0 aromatic heterocycles. The van der Waals surface area contributed by atoms with Gasteiger partial charge in [-0.25, -0.2) is 9.59 Å². The molecule has 1 atom stereocenters. The molecule has 0 aromatic carbocycles. The van der Waals surface area contributed by atoms with Crippen LogP contribution in [0.5, 0.6) is 0 Å². The highest BCUT2D eigenvalue weighted by molar-refractivity contribution is 5.85. The van der Waals surface area contributed by atoms with Crippen LogP contribution in [0.4, 0.5) is 9.59 Å². The summed E-state index contributed by atoms with van der Waals surface area (Å²) >= 11 is 0. The number of unbranched alkanes of at least 4 members (excludes halogenated alkanes) is 1. The van der Waals surface area contributed by atoms with Crippen LogP contribution >= 0.6 is 0 Å². The van der Waals surface area contributed by atoms with Crippen molar-refractivity contribution in [2.24, 2.45) is 5.73 Å². The van der Waals surface area contributed by atoms with Gasteiger partial charge in [0.1, 0.15) is 17.2 Å². The summed E-state index contributed by atoms with van der Waals surface area (Å²) < 4.78 is 10.4. The summed E-state index contributed by atoms with van der Waals surface area (Å²) in [5, 5.41) is 8.04. The number of carbonyl (C=O) groups excluding carboxylic acids is 3. The van der Waals surface area contributed by atoms with Crippen LogP contribution < -0.4 is 21.7 Å². The highest BCUT2D eigenvalue weighted by atomic mass is 16.6. The lowest BCUT2D eigenvalue weighted by molar-refractivity contribution is -0.123. The van der Waals surface area contributed by atoms with Crippen LogP contribution in [0, 0.1) is 0 Å². The molecule has 0 heterocycles. The topological polar surface area (TPSA) is 132 Å². The lowest BCUT2D eigenvalue weighted by atomic mass is 10.1. The highest BCUT2D eigenvalue weighted by Gasteiger charge is 2.24. The normalized spacial score (nSPS) is 12.7. The largest absolute Gasteiger partial charge is 0.444 e. The van der Waals surface area contributed by atoms with Gasteiger partial charge in [-0.05, 0) is 73.8 Å². The first-order valence-corrected chi connectivity index (χ1v) is 9.78. The average Bonchev–Trinajstić information content (AvgIpc) is 2.50. The van der Waals surface area contributed by atoms with E-state index in [1.807, 2.05) is 0 Å². The van der Waals surface area contributed by atoms with E-state index >= 15 is 0 Å². The Morgan fingerprint density at radius 3 is 1.89 bits per heavy atom. The van der Waals surface area contributed by atoms with Gasteiger partial charge in [0, 0.05) is 13.1 Å². The zero-order valence-electron chi connectivity index (χ0n) is 18.1. The fourth-order valence-corrected chi connectivity index (χ4v) is 2.13.